The van der Waals surface area contributed by atoms with Crippen LogP contribution < -0.4 is 29.6 Å². The molecule has 5 nitrogen and oxygen atoms in total. The number of nitriles is 1. The maximum atomic E-state index is 8.74. The molecule has 0 heterocycles. The topological polar surface area (TPSA) is 98.4 Å². The second-order valence-corrected chi connectivity index (χ2v) is 1.57. The molecule has 0 aromatic rings. The van der Waals surface area contributed by atoms with E-state index in [1.807, 2.05) is 0 Å². The van der Waals surface area contributed by atoms with Crippen molar-refractivity contribution < 1.29 is 48.5 Å². The van der Waals surface area contributed by atoms with Crippen LogP contribution in [0.3, 0.4) is 0 Å². The minimum atomic E-state index is -4.67. The Labute approximate surface area is 77.0 Å². The summed E-state index contributed by atoms with van der Waals surface area (Å²) in [5, 5.41) is 7.32. The first-order chi connectivity index (χ1) is 3.41. The number of nitrogens with zero attached hydrogens (tertiary/aromatic N) is 1. The summed E-state index contributed by atoms with van der Waals surface area (Å²) in [7, 11) is -4.67. The van der Waals surface area contributed by atoms with Crippen molar-refractivity contribution in [1.82, 2.24) is 0 Å². The van der Waals surface area contributed by atoms with E-state index in [4.69, 9.17) is 22.8 Å². The van der Waals surface area contributed by atoms with Gasteiger partial charge in [0, 0.05) is 6.92 Å². The Kier molecular flexibility index (Phi) is 15.0. The van der Waals surface area contributed by atoms with Gasteiger partial charge in [0.1, 0.15) is 0 Å². The van der Waals surface area contributed by atoms with Crippen LogP contribution in [0.2, 0.25) is 0 Å². The minimum absolute atomic E-state index is 0. The average Bonchev–Trinajstić information content (AvgIpc) is 1.27. The van der Waals surface area contributed by atoms with Gasteiger partial charge < -0.3 is 1.43 Å². The van der Waals surface area contributed by atoms with Crippen LogP contribution in [0.25, 0.3) is 0 Å². The predicted octanol–water partition coefficient (Wildman–Crippen LogP) is -3.01. The van der Waals surface area contributed by atoms with E-state index in [2.05, 4.69) is 0 Å². The third-order valence-electron chi connectivity index (χ3n) is 0. The molecule has 0 saturated heterocycles. The molecule has 0 radical (unpaired) electrons. The first kappa shape index (κ1) is 16.2. The van der Waals surface area contributed by atoms with Crippen molar-refractivity contribution in [2.45, 2.75) is 6.92 Å². The molecule has 0 amide bonds. The standard InChI is InChI=1S/C2H3N.Na.H2O4S.H/c1-2-3;;1-5(2,3)4;/h1H3;;(H2,1,2,3,4);/q;+1;;-1. The van der Waals surface area contributed by atoms with Crippen LogP contribution in [0.4, 0.5) is 0 Å². The average molecular weight is 163 g/mol. The second kappa shape index (κ2) is 8.36. The summed E-state index contributed by atoms with van der Waals surface area (Å²) >= 11 is 0. The smallest absolute Gasteiger partial charge is 1.00 e. The maximum Gasteiger partial charge on any atom is 1.00 e. The molecule has 0 bridgehead atoms. The SMILES string of the molecule is CC#N.O=S(=O)(O)O.[H-].[Na+]. The van der Waals surface area contributed by atoms with Gasteiger partial charge in [-0.05, 0) is 0 Å². The molecule has 0 saturated carbocycles. The summed E-state index contributed by atoms with van der Waals surface area (Å²) in [6, 6.07) is 1.75. The molecule has 0 aliphatic carbocycles. The van der Waals surface area contributed by atoms with Gasteiger partial charge in [0.2, 0.25) is 0 Å². The van der Waals surface area contributed by atoms with Crippen molar-refractivity contribution in [3.63, 3.8) is 0 Å². The Morgan fingerprint density at radius 2 is 1.56 bits per heavy atom. The molecule has 0 aromatic heterocycles. The molecule has 9 heavy (non-hydrogen) atoms. The minimum Gasteiger partial charge on any atom is -1.00 e. The van der Waals surface area contributed by atoms with Gasteiger partial charge in [-0.25, -0.2) is 0 Å². The molecule has 0 aromatic carbocycles. The molecule has 0 spiro atoms. The van der Waals surface area contributed by atoms with Crippen LogP contribution in [0.15, 0.2) is 0 Å². The molecule has 2 N–H and O–H groups in total. The van der Waals surface area contributed by atoms with E-state index in [0.29, 0.717) is 0 Å². The van der Waals surface area contributed by atoms with E-state index < -0.39 is 10.4 Å². The first-order valence-corrected chi connectivity index (χ1v) is 2.82. The molecule has 50 valence electrons. The Hall–Kier alpha value is 0.360. The summed E-state index contributed by atoms with van der Waals surface area (Å²) in [5.41, 5.74) is 0. The zero-order valence-electron chi connectivity index (χ0n) is 6.07. The van der Waals surface area contributed by atoms with Gasteiger partial charge in [0.15, 0.2) is 0 Å². The second-order valence-electron chi connectivity index (χ2n) is 0.671. The maximum absolute atomic E-state index is 8.74. The predicted molar refractivity (Wildman–Crippen MR) is 26.6 cm³/mol. The van der Waals surface area contributed by atoms with Gasteiger partial charge >= 0.3 is 40.0 Å². The van der Waals surface area contributed by atoms with Crippen molar-refractivity contribution in [3.05, 3.63) is 0 Å². The third kappa shape index (κ3) is 2610. The molecule has 0 aliphatic rings. The normalized spacial score (nSPS) is 7.33. The van der Waals surface area contributed by atoms with Crippen LogP contribution in [0.5, 0.6) is 0 Å². The van der Waals surface area contributed by atoms with Crippen molar-refractivity contribution >= 4 is 10.4 Å². The summed E-state index contributed by atoms with van der Waals surface area (Å²) in [4.78, 5) is 0. The van der Waals surface area contributed by atoms with Crippen molar-refractivity contribution in [3.8, 4) is 6.07 Å². The van der Waals surface area contributed by atoms with E-state index in [9.17, 15) is 0 Å². The largest absolute Gasteiger partial charge is 1.00 e. The van der Waals surface area contributed by atoms with Crippen molar-refractivity contribution in [1.29, 1.82) is 5.26 Å². The Bertz CT molecular complexity index is 164. The van der Waals surface area contributed by atoms with Gasteiger partial charge in [0.05, 0.1) is 6.07 Å². The molecular formula is C2H6NNaO4S. The van der Waals surface area contributed by atoms with E-state index in [0.717, 1.165) is 0 Å². The molecule has 0 atom stereocenters. The summed E-state index contributed by atoms with van der Waals surface area (Å²) in [6.07, 6.45) is 0. The van der Waals surface area contributed by atoms with Crippen LogP contribution in [0.1, 0.15) is 8.35 Å². The van der Waals surface area contributed by atoms with E-state index in [1.54, 1.807) is 6.07 Å². The van der Waals surface area contributed by atoms with E-state index in [-0.39, 0.29) is 31.0 Å². The van der Waals surface area contributed by atoms with Crippen LogP contribution in [-0.4, -0.2) is 17.5 Å². The van der Waals surface area contributed by atoms with E-state index in [1.165, 1.54) is 6.92 Å². The van der Waals surface area contributed by atoms with Crippen LogP contribution in [-0.2, 0) is 10.4 Å². The molecule has 0 fully saturated rings. The van der Waals surface area contributed by atoms with Gasteiger partial charge in [-0.2, -0.15) is 13.7 Å². The van der Waals surface area contributed by atoms with Gasteiger partial charge in [0.25, 0.3) is 0 Å². The van der Waals surface area contributed by atoms with Gasteiger partial charge in [-0.15, -0.1) is 0 Å². The van der Waals surface area contributed by atoms with Crippen LogP contribution in [0, 0.1) is 11.3 Å². The quantitative estimate of drug-likeness (QED) is 0.293. The third-order valence-corrected chi connectivity index (χ3v) is 0. The summed E-state index contributed by atoms with van der Waals surface area (Å²) in [6.45, 7) is 1.43. The summed E-state index contributed by atoms with van der Waals surface area (Å²) in [5.74, 6) is 0. The molecule has 0 unspecified atom stereocenters. The molecule has 0 rings (SSSR count). The fourth-order valence-corrected chi connectivity index (χ4v) is 0. The zero-order valence-corrected chi connectivity index (χ0v) is 7.88. The van der Waals surface area contributed by atoms with E-state index >= 15 is 0 Å². The number of hydrogen-bond acceptors (Lipinski definition) is 3. The Morgan fingerprint density at radius 3 is 1.56 bits per heavy atom. The van der Waals surface area contributed by atoms with Gasteiger partial charge in [-0.3, -0.25) is 9.11 Å². The fraction of sp³-hybridized carbons (Fsp3) is 0.500. The Balaban J connectivity index is -0.0000000326. The monoisotopic (exact) mass is 163 g/mol. The van der Waals surface area contributed by atoms with Crippen molar-refractivity contribution in [2.24, 2.45) is 0 Å². The fourth-order valence-electron chi connectivity index (χ4n) is 0. The number of hydrogen-bond donors (Lipinski definition) is 2. The first-order valence-electron chi connectivity index (χ1n) is 1.42. The number of rotatable bonds is 0. The van der Waals surface area contributed by atoms with Gasteiger partial charge in [-0.1, -0.05) is 0 Å². The van der Waals surface area contributed by atoms with Crippen molar-refractivity contribution in [2.75, 3.05) is 0 Å². The zero-order chi connectivity index (χ0) is 7.21. The molecular weight excluding hydrogens is 157 g/mol. The van der Waals surface area contributed by atoms with Crippen LogP contribution >= 0.6 is 0 Å². The molecule has 7 heteroatoms. The Morgan fingerprint density at radius 1 is 1.56 bits per heavy atom. The molecule has 0 aliphatic heterocycles. The summed E-state index contributed by atoms with van der Waals surface area (Å²) < 4.78 is 31.6.